The third-order valence-electron chi connectivity index (χ3n) is 6.66. The third-order valence-corrected chi connectivity index (χ3v) is 6.66. The Morgan fingerprint density at radius 3 is 2.56 bits per heavy atom. The normalized spacial score (nSPS) is 19.2. The number of carbonyl (C=O) groups excluding carboxylic acids is 1. The fourth-order valence-corrected chi connectivity index (χ4v) is 4.98. The molecule has 1 fully saturated rings. The number of aryl methyl sites for hydroxylation is 1. The average molecular weight is 434 g/mol. The lowest BCUT2D eigenvalue weighted by Crippen LogP contribution is -2.29. The molecule has 4 heteroatoms. The van der Waals surface area contributed by atoms with E-state index in [2.05, 4.69) is 36.5 Å². The third kappa shape index (κ3) is 5.18. The van der Waals surface area contributed by atoms with Crippen LogP contribution in [0.4, 0.5) is 4.39 Å². The quantitative estimate of drug-likeness (QED) is 0.414. The molecule has 3 atom stereocenters. The first kappa shape index (κ1) is 22.5. The average Bonchev–Trinajstić information content (AvgIpc) is 3.27. The molecule has 32 heavy (non-hydrogen) atoms. The van der Waals surface area contributed by atoms with Gasteiger partial charge in [-0.2, -0.15) is 0 Å². The van der Waals surface area contributed by atoms with Crippen LogP contribution in [0.3, 0.4) is 0 Å². The van der Waals surface area contributed by atoms with E-state index in [-0.39, 0.29) is 17.8 Å². The Labute approximate surface area is 190 Å². The molecule has 0 heterocycles. The lowest BCUT2D eigenvalue weighted by Gasteiger charge is -2.22. The molecule has 0 aromatic heterocycles. The maximum atomic E-state index is 14.2. The maximum Gasteiger partial charge on any atom is 0.306 e. The van der Waals surface area contributed by atoms with E-state index < -0.39 is 0 Å². The fourth-order valence-electron chi connectivity index (χ4n) is 4.98. The second-order valence-corrected chi connectivity index (χ2v) is 8.82. The molecule has 3 aromatic carbocycles. The van der Waals surface area contributed by atoms with Crippen molar-refractivity contribution in [1.82, 2.24) is 5.32 Å². The van der Waals surface area contributed by atoms with E-state index >= 15 is 0 Å². The van der Waals surface area contributed by atoms with Gasteiger partial charge in [0.1, 0.15) is 5.82 Å². The van der Waals surface area contributed by atoms with Gasteiger partial charge in [0, 0.05) is 23.9 Å². The molecule has 1 saturated carbocycles. The van der Waals surface area contributed by atoms with Crippen LogP contribution in [0.25, 0.3) is 10.8 Å². The summed E-state index contributed by atoms with van der Waals surface area (Å²) >= 11 is 0. The number of hydrogen-bond donors (Lipinski definition) is 1. The highest BCUT2D eigenvalue weighted by Gasteiger charge is 2.27. The van der Waals surface area contributed by atoms with Crippen LogP contribution in [0.15, 0.2) is 60.7 Å². The zero-order valence-corrected chi connectivity index (χ0v) is 18.9. The minimum absolute atomic E-state index is 0.135. The number of halogens is 1. The molecule has 0 spiro atoms. The van der Waals surface area contributed by atoms with Crippen molar-refractivity contribution in [1.29, 1.82) is 0 Å². The fraction of sp³-hybridized carbons (Fsp3) is 0.393. The molecular weight excluding hydrogens is 401 g/mol. The molecule has 3 aromatic rings. The summed E-state index contributed by atoms with van der Waals surface area (Å²) in [4.78, 5) is 11.6. The largest absolute Gasteiger partial charge is 0.466 e. The molecule has 1 N–H and O–H groups in total. The highest BCUT2D eigenvalue weighted by Crippen LogP contribution is 2.36. The minimum Gasteiger partial charge on any atom is -0.466 e. The summed E-state index contributed by atoms with van der Waals surface area (Å²) in [6.07, 6.45) is 4.55. The molecule has 0 amide bonds. The monoisotopic (exact) mass is 433 g/mol. The van der Waals surface area contributed by atoms with Gasteiger partial charge in [0.05, 0.1) is 6.61 Å². The molecule has 2 unspecified atom stereocenters. The SMILES string of the molecule is CCOC(=O)CCc1ccc([C@H]2CCC(NC(C)c3ccc(F)c4ccccc34)C2)cc1. The highest BCUT2D eigenvalue weighted by atomic mass is 19.1. The number of esters is 1. The predicted octanol–water partition coefficient (Wildman–Crippen LogP) is 6.46. The number of benzene rings is 3. The minimum atomic E-state index is -0.164. The lowest BCUT2D eigenvalue weighted by molar-refractivity contribution is -0.143. The summed E-state index contributed by atoms with van der Waals surface area (Å²) in [5.74, 6) is 0.247. The first-order chi connectivity index (χ1) is 15.5. The summed E-state index contributed by atoms with van der Waals surface area (Å²) in [6.45, 7) is 4.44. The Bertz CT molecular complexity index is 1060. The maximum absolute atomic E-state index is 14.2. The number of rotatable bonds is 8. The van der Waals surface area contributed by atoms with Gasteiger partial charge in [-0.25, -0.2) is 4.39 Å². The van der Waals surface area contributed by atoms with Crippen molar-refractivity contribution in [3.63, 3.8) is 0 Å². The molecule has 1 aliphatic rings. The molecule has 1 aliphatic carbocycles. The summed E-state index contributed by atoms with van der Waals surface area (Å²) < 4.78 is 19.2. The van der Waals surface area contributed by atoms with Crippen molar-refractivity contribution < 1.29 is 13.9 Å². The molecule has 168 valence electrons. The van der Waals surface area contributed by atoms with Crippen molar-refractivity contribution in [3.05, 3.63) is 83.2 Å². The molecule has 0 bridgehead atoms. The van der Waals surface area contributed by atoms with Gasteiger partial charge in [0.25, 0.3) is 0 Å². The van der Waals surface area contributed by atoms with E-state index in [1.54, 1.807) is 6.07 Å². The smallest absolute Gasteiger partial charge is 0.306 e. The number of fused-ring (bicyclic) bond motifs is 1. The molecule has 0 aliphatic heterocycles. The van der Waals surface area contributed by atoms with Gasteiger partial charge in [-0.1, -0.05) is 54.6 Å². The summed E-state index contributed by atoms with van der Waals surface area (Å²) in [5.41, 5.74) is 3.69. The van der Waals surface area contributed by atoms with Gasteiger partial charge in [0.15, 0.2) is 0 Å². The first-order valence-electron chi connectivity index (χ1n) is 11.7. The van der Waals surface area contributed by atoms with Gasteiger partial charge in [-0.15, -0.1) is 0 Å². The van der Waals surface area contributed by atoms with Crippen molar-refractivity contribution >= 4 is 16.7 Å². The summed E-state index contributed by atoms with van der Waals surface area (Å²) in [7, 11) is 0. The molecular formula is C28H32FNO2. The summed E-state index contributed by atoms with van der Waals surface area (Å²) in [5, 5.41) is 5.46. The summed E-state index contributed by atoms with van der Waals surface area (Å²) in [6, 6.07) is 20.5. The second kappa shape index (κ2) is 10.3. The van der Waals surface area contributed by atoms with E-state index in [9.17, 15) is 9.18 Å². The zero-order chi connectivity index (χ0) is 22.5. The van der Waals surface area contributed by atoms with Gasteiger partial charge >= 0.3 is 5.97 Å². The number of ether oxygens (including phenoxy) is 1. The lowest BCUT2D eigenvalue weighted by atomic mass is 9.95. The topological polar surface area (TPSA) is 38.3 Å². The van der Waals surface area contributed by atoms with Crippen LogP contribution < -0.4 is 5.32 Å². The van der Waals surface area contributed by atoms with E-state index in [1.807, 2.05) is 37.3 Å². The standard InChI is InChI=1S/C28H32FNO2/c1-3-32-28(31)17-10-20-8-11-21(12-9-20)22-13-14-23(18-22)30-19(2)24-15-16-27(29)26-7-5-4-6-25(24)26/h4-9,11-12,15-16,19,22-23,30H,3,10,13-14,17-18H2,1-2H3/t19?,22-,23?/m0/s1. The van der Waals surface area contributed by atoms with E-state index in [0.717, 1.165) is 36.6 Å². The number of nitrogens with one attached hydrogen (secondary N) is 1. The number of carbonyl (C=O) groups is 1. The van der Waals surface area contributed by atoms with Gasteiger partial charge in [0.2, 0.25) is 0 Å². The van der Waals surface area contributed by atoms with E-state index in [1.165, 1.54) is 11.1 Å². The van der Waals surface area contributed by atoms with Crippen molar-refractivity contribution in [2.24, 2.45) is 0 Å². The van der Waals surface area contributed by atoms with Crippen molar-refractivity contribution in [3.8, 4) is 0 Å². The Morgan fingerprint density at radius 2 is 1.81 bits per heavy atom. The Balaban J connectivity index is 1.35. The zero-order valence-electron chi connectivity index (χ0n) is 18.9. The van der Waals surface area contributed by atoms with Crippen LogP contribution in [0, 0.1) is 5.82 Å². The Hall–Kier alpha value is -2.72. The van der Waals surface area contributed by atoms with Crippen molar-refractivity contribution in [2.45, 2.75) is 64.0 Å². The molecule has 4 rings (SSSR count). The predicted molar refractivity (Wildman–Crippen MR) is 127 cm³/mol. The van der Waals surface area contributed by atoms with E-state index in [0.29, 0.717) is 30.4 Å². The van der Waals surface area contributed by atoms with Crippen LogP contribution >= 0.6 is 0 Å². The molecule has 3 nitrogen and oxygen atoms in total. The second-order valence-electron chi connectivity index (χ2n) is 8.82. The molecule has 0 saturated heterocycles. The van der Waals surface area contributed by atoms with Gasteiger partial charge in [-0.05, 0) is 73.6 Å². The van der Waals surface area contributed by atoms with Crippen LogP contribution in [0.5, 0.6) is 0 Å². The van der Waals surface area contributed by atoms with E-state index in [4.69, 9.17) is 4.74 Å². The van der Waals surface area contributed by atoms with Crippen LogP contribution in [0.1, 0.15) is 68.2 Å². The Morgan fingerprint density at radius 1 is 1.06 bits per heavy atom. The van der Waals surface area contributed by atoms with Crippen LogP contribution in [0.2, 0.25) is 0 Å². The Kier molecular flexibility index (Phi) is 7.21. The van der Waals surface area contributed by atoms with Crippen LogP contribution in [-0.4, -0.2) is 18.6 Å². The van der Waals surface area contributed by atoms with Gasteiger partial charge < -0.3 is 10.1 Å². The highest BCUT2D eigenvalue weighted by molar-refractivity contribution is 5.86. The van der Waals surface area contributed by atoms with Gasteiger partial charge in [-0.3, -0.25) is 4.79 Å². The first-order valence-corrected chi connectivity index (χ1v) is 11.7. The van der Waals surface area contributed by atoms with Crippen LogP contribution in [-0.2, 0) is 16.0 Å². The van der Waals surface area contributed by atoms with Crippen molar-refractivity contribution in [2.75, 3.05) is 6.61 Å². The number of hydrogen-bond acceptors (Lipinski definition) is 3. The molecule has 0 radical (unpaired) electrons.